The minimum Gasteiger partial charge on any atom is -0.444 e. The van der Waals surface area contributed by atoms with E-state index in [4.69, 9.17) is 4.74 Å². The van der Waals surface area contributed by atoms with Crippen molar-refractivity contribution in [1.82, 2.24) is 25.5 Å². The largest absolute Gasteiger partial charge is 0.444 e. The van der Waals surface area contributed by atoms with E-state index in [1.54, 1.807) is 12.4 Å². The maximum absolute atomic E-state index is 12.5. The van der Waals surface area contributed by atoms with Crippen molar-refractivity contribution in [1.29, 1.82) is 0 Å². The highest BCUT2D eigenvalue weighted by Crippen LogP contribution is 2.20. The Morgan fingerprint density at radius 3 is 2.26 bits per heavy atom. The maximum Gasteiger partial charge on any atom is 0.407 e. The van der Waals surface area contributed by atoms with Gasteiger partial charge < -0.3 is 20.3 Å². The third kappa shape index (κ3) is 7.92. The Morgan fingerprint density at radius 2 is 1.68 bits per heavy atom. The molecule has 1 saturated carbocycles. The van der Waals surface area contributed by atoms with Gasteiger partial charge in [-0.3, -0.25) is 14.7 Å². The molecule has 0 bridgehead atoms. The maximum atomic E-state index is 12.5. The molecule has 0 radical (unpaired) electrons. The number of rotatable bonds is 5. The van der Waals surface area contributed by atoms with E-state index in [1.165, 1.54) is 0 Å². The van der Waals surface area contributed by atoms with Crippen molar-refractivity contribution in [2.75, 3.05) is 37.6 Å². The summed E-state index contributed by atoms with van der Waals surface area (Å²) in [6, 6.07) is 0.277. The van der Waals surface area contributed by atoms with Gasteiger partial charge in [0.25, 0.3) is 0 Å². The summed E-state index contributed by atoms with van der Waals surface area (Å²) in [5, 5.41) is 6.10. The summed E-state index contributed by atoms with van der Waals surface area (Å²) >= 11 is 3.36. The van der Waals surface area contributed by atoms with Crippen LogP contribution in [0, 0.1) is 0 Å². The molecule has 3 rings (SSSR count). The molecule has 10 heteroatoms. The van der Waals surface area contributed by atoms with E-state index in [0.717, 1.165) is 62.3 Å². The smallest absolute Gasteiger partial charge is 0.407 e. The molecular weight excluding hydrogens is 464 g/mol. The zero-order valence-corrected chi connectivity index (χ0v) is 20.2. The standard InChI is InChI=1S/C21H33BrN6O3/c1-21(2,3)31-20(30)25-16-6-4-15(5-7-16)24-19(29)14-27-8-10-28(11-9-27)18-13-23-12-17(22)26-18/h12-13,15-16H,4-11,14H2,1-3H3,(H,24,29)(H,25,30). The highest BCUT2D eigenvalue weighted by Gasteiger charge is 2.26. The number of alkyl carbamates (subject to hydrolysis) is 1. The van der Waals surface area contributed by atoms with E-state index < -0.39 is 5.60 Å². The first-order valence-electron chi connectivity index (χ1n) is 10.9. The number of halogens is 1. The van der Waals surface area contributed by atoms with E-state index in [2.05, 4.69) is 46.3 Å². The van der Waals surface area contributed by atoms with Crippen LogP contribution >= 0.6 is 15.9 Å². The van der Waals surface area contributed by atoms with E-state index in [1.807, 2.05) is 20.8 Å². The normalized spacial score (nSPS) is 22.6. The lowest BCUT2D eigenvalue weighted by molar-refractivity contribution is -0.123. The number of carbonyl (C=O) groups excluding carboxylic acids is 2. The first kappa shape index (κ1) is 23.7. The number of piperazine rings is 1. The third-order valence-electron chi connectivity index (χ3n) is 5.47. The van der Waals surface area contributed by atoms with E-state index in [0.29, 0.717) is 6.54 Å². The van der Waals surface area contributed by atoms with Crippen LogP contribution in [-0.2, 0) is 9.53 Å². The number of aromatic nitrogens is 2. The van der Waals surface area contributed by atoms with E-state index >= 15 is 0 Å². The molecule has 2 heterocycles. The summed E-state index contributed by atoms with van der Waals surface area (Å²) in [6.45, 7) is 9.24. The summed E-state index contributed by atoms with van der Waals surface area (Å²) in [5.74, 6) is 0.925. The van der Waals surface area contributed by atoms with Crippen LogP contribution in [0.25, 0.3) is 0 Å². The predicted molar refractivity (Wildman–Crippen MR) is 122 cm³/mol. The predicted octanol–water partition coefficient (Wildman–Crippen LogP) is 2.31. The topological polar surface area (TPSA) is 99.7 Å². The van der Waals surface area contributed by atoms with E-state index in [9.17, 15) is 9.59 Å². The first-order chi connectivity index (χ1) is 14.7. The monoisotopic (exact) mass is 496 g/mol. The molecule has 1 aromatic rings. The van der Waals surface area contributed by atoms with Crippen LogP contribution in [0.15, 0.2) is 17.0 Å². The van der Waals surface area contributed by atoms with Crippen molar-refractivity contribution in [2.24, 2.45) is 0 Å². The first-order valence-corrected chi connectivity index (χ1v) is 11.7. The van der Waals surface area contributed by atoms with Crippen molar-refractivity contribution < 1.29 is 14.3 Å². The van der Waals surface area contributed by atoms with Crippen LogP contribution in [0.2, 0.25) is 0 Å². The highest BCUT2D eigenvalue weighted by molar-refractivity contribution is 9.10. The third-order valence-corrected chi connectivity index (χ3v) is 5.85. The molecule has 0 spiro atoms. The number of hydrogen-bond acceptors (Lipinski definition) is 7. The Bertz CT molecular complexity index is 756. The van der Waals surface area contributed by atoms with Gasteiger partial charge in [-0.1, -0.05) is 0 Å². The highest BCUT2D eigenvalue weighted by atomic mass is 79.9. The zero-order valence-electron chi connectivity index (χ0n) is 18.6. The van der Waals surface area contributed by atoms with Gasteiger partial charge in [0.15, 0.2) is 0 Å². The van der Waals surface area contributed by atoms with Crippen LogP contribution in [0.1, 0.15) is 46.5 Å². The second-order valence-electron chi connectivity index (χ2n) is 9.23. The van der Waals surface area contributed by atoms with Crippen LogP contribution in [0.5, 0.6) is 0 Å². The van der Waals surface area contributed by atoms with Gasteiger partial charge in [0.05, 0.1) is 18.9 Å². The number of nitrogens with one attached hydrogen (secondary N) is 2. The number of nitrogens with zero attached hydrogens (tertiary/aromatic N) is 4. The summed E-state index contributed by atoms with van der Waals surface area (Å²) in [4.78, 5) is 37.4. The van der Waals surface area contributed by atoms with Gasteiger partial charge in [-0.05, 0) is 62.4 Å². The quantitative estimate of drug-likeness (QED) is 0.644. The molecule has 31 heavy (non-hydrogen) atoms. The van der Waals surface area contributed by atoms with Gasteiger partial charge in [0, 0.05) is 38.3 Å². The Balaban J connectivity index is 1.33. The van der Waals surface area contributed by atoms with Gasteiger partial charge in [-0.15, -0.1) is 0 Å². The molecule has 1 aliphatic heterocycles. The molecule has 0 aromatic carbocycles. The van der Waals surface area contributed by atoms with Crippen LogP contribution < -0.4 is 15.5 Å². The molecule has 2 aliphatic rings. The molecule has 0 unspecified atom stereocenters. The lowest BCUT2D eigenvalue weighted by Gasteiger charge is -2.35. The Morgan fingerprint density at radius 1 is 1.06 bits per heavy atom. The molecule has 2 N–H and O–H groups in total. The van der Waals surface area contributed by atoms with Gasteiger partial charge in [-0.2, -0.15) is 0 Å². The average Bonchev–Trinajstić information content (AvgIpc) is 2.68. The molecule has 0 atom stereocenters. The fourth-order valence-corrected chi connectivity index (χ4v) is 4.25. The second-order valence-corrected chi connectivity index (χ2v) is 10.0. The Labute approximate surface area is 192 Å². The van der Waals surface area contributed by atoms with Crippen LogP contribution in [-0.4, -0.2) is 77.3 Å². The average molecular weight is 497 g/mol. The molecule has 2 fully saturated rings. The molecule has 1 aliphatic carbocycles. The molecular formula is C21H33BrN6O3. The number of anilines is 1. The van der Waals surface area contributed by atoms with Crippen LogP contribution in [0.4, 0.5) is 10.6 Å². The van der Waals surface area contributed by atoms with E-state index in [-0.39, 0.29) is 24.1 Å². The second kappa shape index (κ2) is 10.6. The fraction of sp³-hybridized carbons (Fsp3) is 0.714. The lowest BCUT2D eigenvalue weighted by atomic mass is 9.91. The number of carbonyl (C=O) groups is 2. The fourth-order valence-electron chi connectivity index (χ4n) is 3.95. The summed E-state index contributed by atoms with van der Waals surface area (Å²) in [6.07, 6.45) is 6.48. The van der Waals surface area contributed by atoms with Gasteiger partial charge in [0.2, 0.25) is 5.91 Å². The SMILES string of the molecule is CC(C)(C)OC(=O)NC1CCC(NC(=O)CN2CCN(c3cncc(Br)n3)CC2)CC1. The molecule has 172 valence electrons. The summed E-state index contributed by atoms with van der Waals surface area (Å²) < 4.78 is 6.04. The number of amides is 2. The number of hydrogen-bond donors (Lipinski definition) is 2. The minimum atomic E-state index is -0.494. The molecule has 2 amide bonds. The van der Waals surface area contributed by atoms with Gasteiger partial charge in [-0.25, -0.2) is 9.78 Å². The summed E-state index contributed by atoms with van der Waals surface area (Å²) in [7, 11) is 0. The lowest BCUT2D eigenvalue weighted by Crippen LogP contribution is -2.51. The number of ether oxygens (including phenoxy) is 1. The van der Waals surface area contributed by atoms with Crippen molar-refractivity contribution in [2.45, 2.75) is 64.1 Å². The van der Waals surface area contributed by atoms with Crippen molar-refractivity contribution in [3.63, 3.8) is 0 Å². The Kier molecular flexibility index (Phi) is 8.10. The summed E-state index contributed by atoms with van der Waals surface area (Å²) in [5.41, 5.74) is -0.494. The minimum absolute atomic E-state index is 0.0687. The Hall–Kier alpha value is -1.94. The van der Waals surface area contributed by atoms with Crippen molar-refractivity contribution in [3.05, 3.63) is 17.0 Å². The van der Waals surface area contributed by atoms with Crippen molar-refractivity contribution in [3.8, 4) is 0 Å². The van der Waals surface area contributed by atoms with Crippen LogP contribution in [0.3, 0.4) is 0 Å². The van der Waals surface area contributed by atoms with Gasteiger partial charge in [0.1, 0.15) is 16.0 Å². The molecule has 1 saturated heterocycles. The molecule has 9 nitrogen and oxygen atoms in total. The van der Waals surface area contributed by atoms with Gasteiger partial charge >= 0.3 is 6.09 Å². The zero-order chi connectivity index (χ0) is 22.4. The molecule has 1 aromatic heterocycles. The van der Waals surface area contributed by atoms with Crippen molar-refractivity contribution >= 4 is 33.7 Å².